The van der Waals surface area contributed by atoms with E-state index in [9.17, 15) is 24.5 Å². The number of nitrogens with two attached hydrogens (primary N) is 1. The van der Waals surface area contributed by atoms with Gasteiger partial charge in [-0.1, -0.05) is 23.4 Å². The third kappa shape index (κ3) is 5.62. The van der Waals surface area contributed by atoms with Crippen molar-refractivity contribution in [1.29, 1.82) is 0 Å². The van der Waals surface area contributed by atoms with Crippen LogP contribution in [0.15, 0.2) is 71.5 Å². The monoisotopic (exact) mass is 581 g/mol. The van der Waals surface area contributed by atoms with Crippen LogP contribution in [0.25, 0.3) is 0 Å². The van der Waals surface area contributed by atoms with E-state index in [0.29, 0.717) is 17.1 Å². The Morgan fingerprint density at radius 1 is 1.20 bits per heavy atom. The van der Waals surface area contributed by atoms with Crippen molar-refractivity contribution in [1.82, 2.24) is 19.6 Å². The Morgan fingerprint density at radius 3 is 2.62 bits per heavy atom. The number of hydrogen-bond acceptors (Lipinski definition) is 13. The van der Waals surface area contributed by atoms with Gasteiger partial charge < -0.3 is 20.6 Å². The smallest absolute Gasteiger partial charge is 0.355 e. The number of esters is 1. The number of rotatable bonds is 9. The minimum absolute atomic E-state index is 0.0522. The summed E-state index contributed by atoms with van der Waals surface area (Å²) in [5.41, 5.74) is 5.91. The van der Waals surface area contributed by atoms with Crippen LogP contribution in [0.2, 0.25) is 0 Å². The van der Waals surface area contributed by atoms with Gasteiger partial charge in [-0.25, -0.2) is 4.79 Å². The number of thioether (sulfide) groups is 1. The number of nitrogens with one attached hydrogen (secondary N) is 1. The summed E-state index contributed by atoms with van der Waals surface area (Å²) in [5.74, 6) is -1.31. The van der Waals surface area contributed by atoms with Gasteiger partial charge in [0.1, 0.15) is 23.7 Å². The fraction of sp³-hybridized carbons (Fsp3) is 0.167. The molecular formula is C24H19N7O7S2. The number of oxime groups is 1. The number of β-lactam (4-membered cyclic amide) rings is 1. The largest absolute Gasteiger partial charge is 0.456 e. The summed E-state index contributed by atoms with van der Waals surface area (Å²) in [6.45, 7) is -0.140. The van der Waals surface area contributed by atoms with Gasteiger partial charge >= 0.3 is 5.97 Å². The molecule has 2 amide bonds. The van der Waals surface area contributed by atoms with Crippen molar-refractivity contribution in [3.63, 3.8) is 0 Å². The molecule has 40 heavy (non-hydrogen) atoms. The van der Waals surface area contributed by atoms with Gasteiger partial charge in [-0.3, -0.25) is 24.6 Å². The van der Waals surface area contributed by atoms with E-state index < -0.39 is 34.1 Å². The van der Waals surface area contributed by atoms with E-state index in [1.54, 1.807) is 36.4 Å². The van der Waals surface area contributed by atoms with Gasteiger partial charge in [0.2, 0.25) is 11.5 Å². The van der Waals surface area contributed by atoms with E-state index >= 15 is 0 Å². The first-order valence-corrected chi connectivity index (χ1v) is 13.4. The van der Waals surface area contributed by atoms with E-state index in [1.165, 1.54) is 40.9 Å². The molecule has 3 aromatic rings. The zero-order valence-electron chi connectivity index (χ0n) is 20.3. The molecule has 0 spiro atoms. The van der Waals surface area contributed by atoms with E-state index in [2.05, 4.69) is 19.8 Å². The highest BCUT2D eigenvalue weighted by molar-refractivity contribution is 8.00. The molecule has 0 radical (unpaired) electrons. The number of amides is 2. The molecule has 5 rings (SSSR count). The minimum Gasteiger partial charge on any atom is -0.456 e. The number of fused-ring (bicyclic) bond motifs is 1. The number of carbonyl (C=O) groups excluding carboxylic acids is 3. The molecule has 3 heterocycles. The number of nitrogen functional groups attached to an aromatic ring is 1. The Bertz CT molecular complexity index is 1530. The Hall–Kier alpha value is -4.83. The summed E-state index contributed by atoms with van der Waals surface area (Å²) in [6.07, 6.45) is 1.57. The lowest BCUT2D eigenvalue weighted by Crippen LogP contribution is -2.70. The highest BCUT2D eigenvalue weighted by Gasteiger charge is 2.53. The third-order valence-corrected chi connectivity index (χ3v) is 7.44. The van der Waals surface area contributed by atoms with Crippen LogP contribution in [0.4, 0.5) is 10.8 Å². The van der Waals surface area contributed by atoms with Crippen LogP contribution in [0.3, 0.4) is 0 Å². The lowest BCUT2D eigenvalue weighted by atomic mass is 10.0. The van der Waals surface area contributed by atoms with Gasteiger partial charge in [-0.15, -0.1) is 11.8 Å². The summed E-state index contributed by atoms with van der Waals surface area (Å²) < 4.78 is 9.35. The van der Waals surface area contributed by atoms with E-state index in [4.69, 9.17) is 15.3 Å². The molecule has 0 saturated carbocycles. The highest BCUT2D eigenvalue weighted by atomic mass is 32.2. The fourth-order valence-electron chi connectivity index (χ4n) is 3.77. The number of nitro benzene ring substituents is 1. The molecule has 0 aliphatic carbocycles. The van der Waals surface area contributed by atoms with Crippen LogP contribution in [-0.2, 0) is 25.7 Å². The molecule has 204 valence electrons. The first kappa shape index (κ1) is 26.8. The van der Waals surface area contributed by atoms with Gasteiger partial charge in [0.15, 0.2) is 10.9 Å². The molecule has 2 atom stereocenters. The summed E-state index contributed by atoms with van der Waals surface area (Å²) >= 11 is 2.22. The Kier molecular flexibility index (Phi) is 7.70. The summed E-state index contributed by atoms with van der Waals surface area (Å²) in [6, 6.07) is 13.1. The summed E-state index contributed by atoms with van der Waals surface area (Å²) in [4.78, 5) is 59.9. The molecule has 14 nitrogen and oxygen atoms in total. The molecule has 3 N–H and O–H groups in total. The standard InChI is InChI=1S/C24H19N7O7S2/c25-24-27-19(29-40-24)17(28-38-15-4-2-1-3-5-15)20(32)26-18-21(33)30-16(10-11-39-22(18)30)23(34)37-12-13-6-8-14(9-7-13)31(35)36/h1-10,18,22H,11-12H2,(H,26,32)(H2,25,27,29)/b28-17+. The number of ether oxygens (including phenoxy) is 1. The number of benzene rings is 2. The number of aromatic nitrogens is 2. The van der Waals surface area contributed by atoms with Crippen molar-refractivity contribution in [3.8, 4) is 5.75 Å². The second kappa shape index (κ2) is 11.5. The molecule has 16 heteroatoms. The number of anilines is 1. The SMILES string of the molecule is Nc1nc(/C(=N\Oc2ccccc2)C(=O)NC2C(=O)N3C(C(=O)OCc4ccc([N+](=O)[O-])cc4)=CCSC23)ns1. The fourth-order valence-corrected chi connectivity index (χ4v) is 5.40. The molecule has 2 unspecified atom stereocenters. The second-order valence-corrected chi connectivity index (χ2v) is 10.2. The zero-order chi connectivity index (χ0) is 28.2. The first-order chi connectivity index (χ1) is 19.3. The molecule has 2 aliphatic rings. The normalized spacial score (nSPS) is 18.2. The molecule has 1 fully saturated rings. The van der Waals surface area contributed by atoms with Crippen molar-refractivity contribution >= 4 is 57.6 Å². The summed E-state index contributed by atoms with van der Waals surface area (Å²) in [7, 11) is 0. The van der Waals surface area contributed by atoms with Gasteiger partial charge in [-0.05, 0) is 35.9 Å². The van der Waals surface area contributed by atoms with E-state index in [0.717, 1.165) is 11.5 Å². The second-order valence-electron chi connectivity index (χ2n) is 8.27. The molecule has 2 aliphatic heterocycles. The number of para-hydroxylation sites is 1. The van der Waals surface area contributed by atoms with Crippen LogP contribution in [0.1, 0.15) is 11.4 Å². The maximum absolute atomic E-state index is 13.2. The van der Waals surface area contributed by atoms with Crippen LogP contribution >= 0.6 is 23.3 Å². The minimum atomic E-state index is -0.957. The predicted molar refractivity (Wildman–Crippen MR) is 144 cm³/mol. The van der Waals surface area contributed by atoms with Crippen molar-refractivity contribution in [2.75, 3.05) is 11.5 Å². The first-order valence-electron chi connectivity index (χ1n) is 11.6. The van der Waals surface area contributed by atoms with Gasteiger partial charge in [0, 0.05) is 29.4 Å². The van der Waals surface area contributed by atoms with Crippen LogP contribution in [0.5, 0.6) is 5.75 Å². The van der Waals surface area contributed by atoms with Crippen LogP contribution in [-0.4, -0.2) is 59.8 Å². The average Bonchev–Trinajstić information content (AvgIpc) is 3.40. The maximum Gasteiger partial charge on any atom is 0.355 e. The third-order valence-electron chi connectivity index (χ3n) is 5.71. The molecule has 2 aromatic carbocycles. The molecule has 0 bridgehead atoms. The number of carbonyl (C=O) groups is 3. The van der Waals surface area contributed by atoms with Crippen molar-refractivity contribution in [2.24, 2.45) is 5.16 Å². The number of hydrogen-bond donors (Lipinski definition) is 2. The van der Waals surface area contributed by atoms with Gasteiger partial charge in [0.05, 0.1) is 4.92 Å². The molecular weight excluding hydrogens is 562 g/mol. The van der Waals surface area contributed by atoms with Gasteiger partial charge in [0.25, 0.3) is 17.5 Å². The van der Waals surface area contributed by atoms with Crippen molar-refractivity contribution in [2.45, 2.75) is 18.0 Å². The highest BCUT2D eigenvalue weighted by Crippen LogP contribution is 2.38. The Labute approximate surface area is 234 Å². The molecule has 1 aromatic heterocycles. The lowest BCUT2D eigenvalue weighted by Gasteiger charge is -2.48. The van der Waals surface area contributed by atoms with Crippen LogP contribution in [0, 0.1) is 10.1 Å². The average molecular weight is 582 g/mol. The van der Waals surface area contributed by atoms with E-state index in [1.807, 2.05) is 0 Å². The van der Waals surface area contributed by atoms with Gasteiger partial charge in [-0.2, -0.15) is 9.36 Å². The maximum atomic E-state index is 13.2. The Balaban J connectivity index is 1.24. The quantitative estimate of drug-likeness (QED) is 0.123. The Morgan fingerprint density at radius 2 is 1.95 bits per heavy atom. The van der Waals surface area contributed by atoms with E-state index in [-0.39, 0.29) is 34.7 Å². The lowest BCUT2D eigenvalue weighted by molar-refractivity contribution is -0.384. The molecule has 1 saturated heterocycles. The topological polar surface area (TPSA) is 192 Å². The van der Waals surface area contributed by atoms with Crippen molar-refractivity contribution < 1.29 is 28.9 Å². The zero-order valence-corrected chi connectivity index (χ0v) is 22.0. The number of non-ortho nitro benzene ring substituents is 1. The van der Waals surface area contributed by atoms with Crippen LogP contribution < -0.4 is 15.9 Å². The summed E-state index contributed by atoms with van der Waals surface area (Å²) in [5, 5.41) is 16.9. The number of nitro groups is 1. The predicted octanol–water partition coefficient (Wildman–Crippen LogP) is 1.84. The van der Waals surface area contributed by atoms with Crippen molar-refractivity contribution in [3.05, 3.63) is 87.9 Å². The number of nitrogens with zero attached hydrogens (tertiary/aromatic N) is 5.